The number of ether oxygens (including phenoxy) is 1. The van der Waals surface area contributed by atoms with Gasteiger partial charge in [0.2, 0.25) is 5.91 Å². The van der Waals surface area contributed by atoms with Gasteiger partial charge in [0.1, 0.15) is 5.75 Å². The molecule has 0 saturated heterocycles. The highest BCUT2D eigenvalue weighted by molar-refractivity contribution is 6.31. The summed E-state index contributed by atoms with van der Waals surface area (Å²) in [6.07, 6.45) is 2.05. The summed E-state index contributed by atoms with van der Waals surface area (Å²) in [4.78, 5) is 13.9. The molecule has 1 aromatic rings. The van der Waals surface area contributed by atoms with Crippen LogP contribution in [0.4, 0.5) is 5.69 Å². The van der Waals surface area contributed by atoms with Crippen molar-refractivity contribution in [2.24, 2.45) is 0 Å². The molecule has 1 amide bonds. The topological polar surface area (TPSA) is 61.8 Å². The van der Waals surface area contributed by atoms with Gasteiger partial charge in [-0.25, -0.2) is 0 Å². The highest BCUT2D eigenvalue weighted by Crippen LogP contribution is 2.27. The molecule has 0 saturated carbocycles. The summed E-state index contributed by atoms with van der Waals surface area (Å²) in [5.41, 5.74) is 0.549. The summed E-state index contributed by atoms with van der Waals surface area (Å²) in [5.74, 6) is 0.425. The van der Waals surface area contributed by atoms with Crippen LogP contribution in [-0.2, 0) is 4.79 Å². The van der Waals surface area contributed by atoms with E-state index in [4.69, 9.17) is 21.4 Å². The van der Waals surface area contributed by atoms with E-state index in [0.717, 1.165) is 0 Å². The number of aliphatic hydroxyl groups excluding tert-OH is 1. The van der Waals surface area contributed by atoms with E-state index in [9.17, 15) is 4.79 Å². The molecular weight excluding hydrogens is 292 g/mol. The molecule has 0 unspecified atom stereocenters. The van der Waals surface area contributed by atoms with Crippen molar-refractivity contribution in [1.29, 1.82) is 0 Å². The molecule has 21 heavy (non-hydrogen) atoms. The number of hydrogen-bond acceptors (Lipinski definition) is 4. The number of methoxy groups -OCH3 is 1. The van der Waals surface area contributed by atoms with Gasteiger partial charge in [-0.2, -0.15) is 0 Å². The minimum Gasteiger partial charge on any atom is -0.495 e. The average molecular weight is 313 g/mol. The smallest absolute Gasteiger partial charge is 0.225 e. The van der Waals surface area contributed by atoms with Gasteiger partial charge < -0.3 is 15.2 Å². The number of nitrogens with one attached hydrogen (secondary N) is 1. The first-order chi connectivity index (χ1) is 10.1. The van der Waals surface area contributed by atoms with Crippen LogP contribution in [0.1, 0.15) is 6.42 Å². The molecule has 0 aliphatic carbocycles. The van der Waals surface area contributed by atoms with E-state index in [2.05, 4.69) is 11.9 Å². The molecule has 2 N–H and O–H groups in total. The SMILES string of the molecule is C=CCN(CCO)CCC(=O)Nc1cc(Cl)ccc1OC. The van der Waals surface area contributed by atoms with Gasteiger partial charge in [0.25, 0.3) is 0 Å². The van der Waals surface area contributed by atoms with E-state index in [1.807, 2.05) is 4.90 Å². The lowest BCUT2D eigenvalue weighted by molar-refractivity contribution is -0.116. The minimum atomic E-state index is -0.137. The van der Waals surface area contributed by atoms with Crippen molar-refractivity contribution in [3.8, 4) is 5.75 Å². The molecule has 0 fully saturated rings. The maximum absolute atomic E-state index is 12.0. The lowest BCUT2D eigenvalue weighted by Gasteiger charge is -2.19. The summed E-state index contributed by atoms with van der Waals surface area (Å²) < 4.78 is 5.17. The van der Waals surface area contributed by atoms with Gasteiger partial charge in [0, 0.05) is 31.1 Å². The predicted octanol–water partition coefficient (Wildman–Crippen LogP) is 2.16. The number of nitrogens with zero attached hydrogens (tertiary/aromatic N) is 1. The molecule has 0 aliphatic heterocycles. The standard InChI is InChI=1S/C15H21ClN2O3/c1-3-7-18(9-10-19)8-6-15(20)17-13-11-12(16)4-5-14(13)21-2/h3-5,11,19H,1,6-10H2,2H3,(H,17,20). The Morgan fingerprint density at radius 2 is 2.29 bits per heavy atom. The highest BCUT2D eigenvalue weighted by Gasteiger charge is 2.10. The third kappa shape index (κ3) is 6.16. The van der Waals surface area contributed by atoms with Gasteiger partial charge in [0.15, 0.2) is 0 Å². The Kier molecular flexibility index (Phi) is 7.82. The van der Waals surface area contributed by atoms with Crippen LogP contribution >= 0.6 is 11.6 Å². The van der Waals surface area contributed by atoms with Crippen molar-refractivity contribution in [2.45, 2.75) is 6.42 Å². The third-order valence-electron chi connectivity index (χ3n) is 2.89. The number of rotatable bonds is 9. The van der Waals surface area contributed by atoms with Crippen LogP contribution in [0.5, 0.6) is 5.75 Å². The number of carbonyl (C=O) groups excluding carboxylic acids is 1. The maximum Gasteiger partial charge on any atom is 0.225 e. The van der Waals surface area contributed by atoms with Crippen molar-refractivity contribution in [3.63, 3.8) is 0 Å². The van der Waals surface area contributed by atoms with Gasteiger partial charge >= 0.3 is 0 Å². The Bertz CT molecular complexity index is 480. The van der Waals surface area contributed by atoms with Crippen LogP contribution in [0.2, 0.25) is 5.02 Å². The molecule has 0 aromatic heterocycles. The summed E-state index contributed by atoms with van der Waals surface area (Å²) >= 11 is 5.91. The van der Waals surface area contributed by atoms with Crippen molar-refractivity contribution >= 4 is 23.2 Å². The second-order valence-corrected chi connectivity index (χ2v) is 4.89. The zero-order valence-corrected chi connectivity index (χ0v) is 12.9. The Morgan fingerprint density at radius 1 is 1.52 bits per heavy atom. The van der Waals surface area contributed by atoms with E-state index in [1.54, 1.807) is 24.3 Å². The van der Waals surface area contributed by atoms with E-state index < -0.39 is 0 Å². The number of anilines is 1. The summed E-state index contributed by atoms with van der Waals surface area (Å²) in [6.45, 7) is 5.40. The Hall–Kier alpha value is -1.56. The molecular formula is C15H21ClN2O3. The fraction of sp³-hybridized carbons (Fsp3) is 0.400. The van der Waals surface area contributed by atoms with Gasteiger partial charge in [-0.05, 0) is 18.2 Å². The van der Waals surface area contributed by atoms with Crippen LogP contribution in [0, 0.1) is 0 Å². The second-order valence-electron chi connectivity index (χ2n) is 4.46. The first-order valence-electron chi connectivity index (χ1n) is 6.68. The number of hydrogen-bond donors (Lipinski definition) is 2. The lowest BCUT2D eigenvalue weighted by Crippen LogP contribution is -2.30. The summed E-state index contributed by atoms with van der Waals surface area (Å²) in [5, 5.41) is 12.3. The van der Waals surface area contributed by atoms with Gasteiger partial charge in [-0.3, -0.25) is 9.69 Å². The van der Waals surface area contributed by atoms with Crippen LogP contribution in [0.15, 0.2) is 30.9 Å². The number of halogens is 1. The van der Waals surface area contributed by atoms with E-state index >= 15 is 0 Å². The molecule has 5 nitrogen and oxygen atoms in total. The van der Waals surface area contributed by atoms with Crippen molar-refractivity contribution in [1.82, 2.24) is 4.90 Å². The quantitative estimate of drug-likeness (QED) is 0.686. The van der Waals surface area contributed by atoms with Crippen LogP contribution in [-0.4, -0.2) is 49.3 Å². The second kappa shape index (κ2) is 9.39. The zero-order valence-electron chi connectivity index (χ0n) is 12.1. The molecule has 0 heterocycles. The number of carbonyl (C=O) groups is 1. The van der Waals surface area contributed by atoms with Gasteiger partial charge in [-0.1, -0.05) is 17.7 Å². The molecule has 0 bridgehead atoms. The fourth-order valence-corrected chi connectivity index (χ4v) is 2.04. The summed E-state index contributed by atoms with van der Waals surface area (Å²) in [7, 11) is 1.53. The van der Waals surface area contributed by atoms with Crippen LogP contribution in [0.3, 0.4) is 0 Å². The molecule has 116 valence electrons. The first kappa shape index (κ1) is 17.5. The molecule has 0 aliphatic rings. The molecule has 0 radical (unpaired) electrons. The number of aliphatic hydroxyl groups is 1. The van der Waals surface area contributed by atoms with Crippen LogP contribution in [0.25, 0.3) is 0 Å². The Morgan fingerprint density at radius 3 is 2.90 bits per heavy atom. The van der Waals surface area contributed by atoms with Gasteiger partial charge in [0.05, 0.1) is 19.4 Å². The van der Waals surface area contributed by atoms with Crippen LogP contribution < -0.4 is 10.1 Å². The minimum absolute atomic E-state index is 0.0531. The average Bonchev–Trinajstić information content (AvgIpc) is 2.45. The van der Waals surface area contributed by atoms with Crippen molar-refractivity contribution in [2.75, 3.05) is 38.7 Å². The molecule has 0 atom stereocenters. The predicted molar refractivity (Wildman–Crippen MR) is 85.0 cm³/mol. The molecule has 0 spiro atoms. The molecule has 1 aromatic carbocycles. The van der Waals surface area contributed by atoms with Crippen molar-refractivity contribution in [3.05, 3.63) is 35.9 Å². The first-order valence-corrected chi connectivity index (χ1v) is 7.06. The summed E-state index contributed by atoms with van der Waals surface area (Å²) in [6, 6.07) is 5.05. The highest BCUT2D eigenvalue weighted by atomic mass is 35.5. The monoisotopic (exact) mass is 312 g/mol. The third-order valence-corrected chi connectivity index (χ3v) is 3.13. The maximum atomic E-state index is 12.0. The van der Waals surface area contributed by atoms with Crippen molar-refractivity contribution < 1.29 is 14.6 Å². The number of benzene rings is 1. The fourth-order valence-electron chi connectivity index (χ4n) is 1.87. The van der Waals surface area contributed by atoms with Gasteiger partial charge in [-0.15, -0.1) is 6.58 Å². The van der Waals surface area contributed by atoms with E-state index in [1.165, 1.54) is 7.11 Å². The van der Waals surface area contributed by atoms with E-state index in [-0.39, 0.29) is 12.5 Å². The molecule has 6 heteroatoms. The molecule has 1 rings (SSSR count). The normalized spacial score (nSPS) is 10.5. The largest absolute Gasteiger partial charge is 0.495 e. The van der Waals surface area contributed by atoms with E-state index in [0.29, 0.717) is 42.5 Å². The Balaban J connectivity index is 2.57. The lowest BCUT2D eigenvalue weighted by atomic mass is 10.2. The number of amides is 1. The zero-order chi connectivity index (χ0) is 15.7. The Labute approximate surface area is 130 Å².